The molecule has 2 N–H and O–H groups in total. The summed E-state index contributed by atoms with van der Waals surface area (Å²) in [5.41, 5.74) is 2.94. The quantitative estimate of drug-likeness (QED) is 0.403. The van der Waals surface area contributed by atoms with E-state index in [4.69, 9.17) is 11.6 Å². The lowest BCUT2D eigenvalue weighted by molar-refractivity contribution is -0.684. The second-order valence-corrected chi connectivity index (χ2v) is 9.63. The highest BCUT2D eigenvalue weighted by Gasteiger charge is 2.32. The molecule has 9 heteroatoms. The van der Waals surface area contributed by atoms with E-state index in [2.05, 4.69) is 19.9 Å². The summed E-state index contributed by atoms with van der Waals surface area (Å²) in [6.45, 7) is 3.80. The van der Waals surface area contributed by atoms with Gasteiger partial charge in [-0.2, -0.15) is 0 Å². The first kappa shape index (κ1) is 24.9. The zero-order chi connectivity index (χ0) is 24.9. The first-order valence-corrected chi connectivity index (χ1v) is 12.3. The zero-order valence-electron chi connectivity index (χ0n) is 20.4. The van der Waals surface area contributed by atoms with Gasteiger partial charge < -0.3 is 9.80 Å². The number of aryl methyl sites for hydroxylation is 1. The van der Waals surface area contributed by atoms with Crippen molar-refractivity contribution in [2.75, 3.05) is 39.0 Å². The Morgan fingerprint density at radius 2 is 2.14 bits per heavy atom. The van der Waals surface area contributed by atoms with Gasteiger partial charge in [-0.15, -0.1) is 0 Å². The van der Waals surface area contributed by atoms with E-state index in [1.807, 2.05) is 55.1 Å². The molecule has 0 aliphatic carbocycles. The lowest BCUT2D eigenvalue weighted by Crippen LogP contribution is -2.48. The van der Waals surface area contributed by atoms with Crippen molar-refractivity contribution in [3.63, 3.8) is 0 Å². The van der Waals surface area contributed by atoms with Gasteiger partial charge in [0.2, 0.25) is 5.91 Å². The Hall–Kier alpha value is -3.23. The molecule has 1 saturated heterocycles. The first-order chi connectivity index (χ1) is 16.8. The predicted octanol–water partition coefficient (Wildman–Crippen LogP) is 3.74. The highest BCUT2D eigenvalue weighted by molar-refractivity contribution is 6.34. The Morgan fingerprint density at radius 1 is 1.31 bits per heavy atom. The number of amides is 2. The molecule has 0 bridgehead atoms. The van der Waals surface area contributed by atoms with Crippen LogP contribution in [0.2, 0.25) is 5.02 Å². The maximum Gasteiger partial charge on any atom is 0.363 e. The fourth-order valence-corrected chi connectivity index (χ4v) is 4.75. The number of likely N-dealkylation sites (N-methyl/N-ethyl adjacent to an activating group) is 1. The number of nitrogens with one attached hydrogen (secondary N) is 2. The van der Waals surface area contributed by atoms with Crippen molar-refractivity contribution >= 4 is 40.4 Å². The van der Waals surface area contributed by atoms with Crippen molar-refractivity contribution in [2.24, 2.45) is 0 Å². The molecular formula is C26H32ClN6O2+. The van der Waals surface area contributed by atoms with E-state index in [0.717, 1.165) is 36.0 Å². The summed E-state index contributed by atoms with van der Waals surface area (Å²) < 4.78 is 2.05. The van der Waals surface area contributed by atoms with Gasteiger partial charge in [-0.3, -0.25) is 14.6 Å². The van der Waals surface area contributed by atoms with Crippen molar-refractivity contribution in [3.8, 4) is 0 Å². The number of carbonyl (C=O) groups excluding carboxylic acids is 2. The van der Waals surface area contributed by atoms with Crippen molar-refractivity contribution < 1.29 is 14.2 Å². The van der Waals surface area contributed by atoms with Gasteiger partial charge in [-0.05, 0) is 64.5 Å². The minimum absolute atomic E-state index is 0.00290. The number of benzene rings is 1. The molecule has 8 nitrogen and oxygen atoms in total. The van der Waals surface area contributed by atoms with Gasteiger partial charge in [0.25, 0.3) is 0 Å². The maximum atomic E-state index is 13.1. The number of anilines is 1. The molecule has 1 aromatic carbocycles. The molecule has 184 valence electrons. The molecule has 1 fully saturated rings. The standard InChI is InChI=1S/C26H31ClN6O2/c1-18-16-19(12-13-28-18)25(35)30-26-29-22-10-6-9-21(27)24(22)33(26)20-8-4-5-15-32(17-20)23(34)11-7-14-31(2)3/h6-7,9-13,16,20H,4-5,8,14-15,17H2,1-3H3,(H,29,30,35)/p+1/b11-7+/t20-/m1/s1. The highest BCUT2D eigenvalue weighted by atomic mass is 35.5. The highest BCUT2D eigenvalue weighted by Crippen LogP contribution is 2.27. The minimum Gasteiger partial charge on any atom is -0.336 e. The number of imidazole rings is 1. The summed E-state index contributed by atoms with van der Waals surface area (Å²) in [5.74, 6) is 0.318. The third kappa shape index (κ3) is 5.89. The number of pyridine rings is 1. The Kier molecular flexibility index (Phi) is 7.83. The molecule has 0 radical (unpaired) electrons. The largest absolute Gasteiger partial charge is 0.363 e. The van der Waals surface area contributed by atoms with Crippen LogP contribution in [0.25, 0.3) is 11.0 Å². The van der Waals surface area contributed by atoms with Crippen LogP contribution in [0.3, 0.4) is 0 Å². The van der Waals surface area contributed by atoms with Gasteiger partial charge in [-0.25, -0.2) is 14.9 Å². The number of hydrogen-bond donors (Lipinski definition) is 2. The van der Waals surface area contributed by atoms with Crippen LogP contribution >= 0.6 is 11.6 Å². The number of para-hydroxylation sites is 1. The van der Waals surface area contributed by atoms with Crippen LogP contribution in [0.5, 0.6) is 0 Å². The maximum absolute atomic E-state index is 13.1. The molecule has 35 heavy (non-hydrogen) atoms. The number of halogens is 1. The van der Waals surface area contributed by atoms with Gasteiger partial charge in [0, 0.05) is 31.1 Å². The van der Waals surface area contributed by atoms with Crippen LogP contribution in [-0.4, -0.2) is 65.3 Å². The molecule has 3 aromatic rings. The van der Waals surface area contributed by atoms with E-state index in [-0.39, 0.29) is 17.9 Å². The van der Waals surface area contributed by atoms with Crippen LogP contribution < -0.4 is 9.88 Å². The van der Waals surface area contributed by atoms with E-state index in [9.17, 15) is 9.59 Å². The van der Waals surface area contributed by atoms with Crippen molar-refractivity contribution in [2.45, 2.75) is 32.2 Å². The number of fused-ring (bicyclic) bond motifs is 1. The Morgan fingerprint density at radius 3 is 2.91 bits per heavy atom. The summed E-state index contributed by atoms with van der Waals surface area (Å²) in [5, 5.41) is 3.63. The summed E-state index contributed by atoms with van der Waals surface area (Å²) in [7, 11) is 3.94. The number of rotatable bonds is 6. The Labute approximate surface area is 210 Å². The molecule has 3 heterocycles. The lowest BCUT2D eigenvalue weighted by atomic mass is 10.1. The normalized spacial score (nSPS) is 16.7. The second kappa shape index (κ2) is 11.0. The van der Waals surface area contributed by atoms with Gasteiger partial charge in [-0.1, -0.05) is 23.7 Å². The average Bonchev–Trinajstić information content (AvgIpc) is 3.01. The SMILES string of the molecule is Cc1cc(C(=O)Nc2[nH]c3cccc(Cl)c3[n+]2[C@@H]2CCCCN(C(=O)/C=C/CN(C)C)C2)ccn1. The molecule has 0 unspecified atom stereocenters. The summed E-state index contributed by atoms with van der Waals surface area (Å²) in [6, 6.07) is 9.05. The molecule has 1 aliphatic rings. The number of likely N-dealkylation sites (tertiary alicyclic amines) is 1. The molecule has 1 aliphatic heterocycles. The van der Waals surface area contributed by atoms with Crippen molar-refractivity contribution in [3.05, 3.63) is 65.0 Å². The minimum atomic E-state index is -0.236. The summed E-state index contributed by atoms with van der Waals surface area (Å²) >= 11 is 6.65. The number of nitrogens with zero attached hydrogens (tertiary/aromatic N) is 4. The van der Waals surface area contributed by atoms with Gasteiger partial charge in [0.1, 0.15) is 11.6 Å². The number of carbonyl (C=O) groups is 2. The lowest BCUT2D eigenvalue weighted by Gasteiger charge is -2.23. The van der Waals surface area contributed by atoms with Crippen LogP contribution in [0.4, 0.5) is 5.95 Å². The summed E-state index contributed by atoms with van der Waals surface area (Å²) in [4.78, 5) is 37.5. The smallest absolute Gasteiger partial charge is 0.336 e. The monoisotopic (exact) mass is 495 g/mol. The third-order valence-electron chi connectivity index (χ3n) is 6.17. The molecular weight excluding hydrogens is 464 g/mol. The van der Waals surface area contributed by atoms with E-state index < -0.39 is 0 Å². The predicted molar refractivity (Wildman–Crippen MR) is 138 cm³/mol. The fourth-order valence-electron chi connectivity index (χ4n) is 4.48. The zero-order valence-corrected chi connectivity index (χ0v) is 21.2. The average molecular weight is 496 g/mol. The van der Waals surface area contributed by atoms with E-state index in [1.54, 1.807) is 24.4 Å². The second-order valence-electron chi connectivity index (χ2n) is 9.22. The molecule has 2 aromatic heterocycles. The van der Waals surface area contributed by atoms with Crippen molar-refractivity contribution in [1.29, 1.82) is 0 Å². The molecule has 0 spiro atoms. The Bertz CT molecular complexity index is 1250. The van der Waals surface area contributed by atoms with E-state index in [1.165, 1.54) is 0 Å². The van der Waals surface area contributed by atoms with Gasteiger partial charge in [0.15, 0.2) is 5.52 Å². The molecule has 1 atom stereocenters. The third-order valence-corrected chi connectivity index (χ3v) is 6.47. The summed E-state index contributed by atoms with van der Waals surface area (Å²) in [6.07, 6.45) is 7.93. The van der Waals surface area contributed by atoms with Crippen LogP contribution in [0.1, 0.15) is 41.4 Å². The number of H-pyrrole nitrogens is 1. The van der Waals surface area contributed by atoms with Crippen LogP contribution in [0.15, 0.2) is 48.7 Å². The van der Waals surface area contributed by atoms with Crippen molar-refractivity contribution in [1.82, 2.24) is 19.8 Å². The topological polar surface area (TPSA) is 85.2 Å². The molecule has 4 rings (SSSR count). The van der Waals surface area contributed by atoms with Gasteiger partial charge in [0.05, 0.1) is 17.1 Å². The van der Waals surface area contributed by atoms with Crippen LogP contribution in [0, 0.1) is 6.92 Å². The first-order valence-electron chi connectivity index (χ1n) is 11.9. The van der Waals surface area contributed by atoms with E-state index >= 15 is 0 Å². The number of hydrogen-bond acceptors (Lipinski definition) is 4. The Balaban J connectivity index is 1.68. The number of aromatic amines is 1. The molecule has 2 amide bonds. The fraction of sp³-hybridized carbons (Fsp3) is 0.385. The number of aromatic nitrogens is 3. The van der Waals surface area contributed by atoms with E-state index in [0.29, 0.717) is 36.2 Å². The van der Waals surface area contributed by atoms with Crippen LogP contribution in [-0.2, 0) is 4.79 Å². The van der Waals surface area contributed by atoms with Gasteiger partial charge >= 0.3 is 11.9 Å². The molecule has 0 saturated carbocycles.